The van der Waals surface area contributed by atoms with Gasteiger partial charge in [-0.3, -0.25) is 0 Å². The SMILES string of the molecule is CCc1c(-c2ccccc2)c(O)c2ccccc2c1-c1ccc(O)cc1. The van der Waals surface area contributed by atoms with E-state index in [1.165, 1.54) is 0 Å². The molecule has 2 nitrogen and oxygen atoms in total. The predicted octanol–water partition coefficient (Wildman–Crippen LogP) is 6.15. The molecule has 0 heterocycles. The van der Waals surface area contributed by atoms with Gasteiger partial charge in [0.2, 0.25) is 0 Å². The number of rotatable bonds is 3. The van der Waals surface area contributed by atoms with Gasteiger partial charge in [-0.2, -0.15) is 0 Å². The van der Waals surface area contributed by atoms with E-state index >= 15 is 0 Å². The number of hydrogen-bond donors (Lipinski definition) is 2. The molecule has 0 aliphatic heterocycles. The summed E-state index contributed by atoms with van der Waals surface area (Å²) < 4.78 is 0. The van der Waals surface area contributed by atoms with Crippen LogP contribution < -0.4 is 0 Å². The van der Waals surface area contributed by atoms with Gasteiger partial charge >= 0.3 is 0 Å². The molecular weight excluding hydrogens is 320 g/mol. The average Bonchev–Trinajstić information content (AvgIpc) is 2.69. The Hall–Kier alpha value is -3.26. The van der Waals surface area contributed by atoms with Gasteiger partial charge < -0.3 is 10.2 Å². The summed E-state index contributed by atoms with van der Waals surface area (Å²) in [5, 5.41) is 22.6. The van der Waals surface area contributed by atoms with Crippen LogP contribution in [0.3, 0.4) is 0 Å². The fourth-order valence-electron chi connectivity index (χ4n) is 3.70. The van der Waals surface area contributed by atoms with Gasteiger partial charge in [-0.15, -0.1) is 0 Å². The summed E-state index contributed by atoms with van der Waals surface area (Å²) in [7, 11) is 0. The van der Waals surface area contributed by atoms with Crippen molar-refractivity contribution < 1.29 is 10.2 Å². The third kappa shape index (κ3) is 2.60. The molecule has 0 fully saturated rings. The highest BCUT2D eigenvalue weighted by atomic mass is 16.3. The quantitative estimate of drug-likeness (QED) is 0.470. The molecule has 0 radical (unpaired) electrons. The fraction of sp³-hybridized carbons (Fsp3) is 0.0833. The number of aromatic hydroxyl groups is 2. The van der Waals surface area contributed by atoms with E-state index in [4.69, 9.17) is 0 Å². The van der Waals surface area contributed by atoms with E-state index in [0.29, 0.717) is 5.75 Å². The maximum Gasteiger partial charge on any atom is 0.131 e. The van der Waals surface area contributed by atoms with E-state index < -0.39 is 0 Å². The summed E-state index contributed by atoms with van der Waals surface area (Å²) in [4.78, 5) is 0. The van der Waals surface area contributed by atoms with Crippen LogP contribution in [0.25, 0.3) is 33.0 Å². The second-order valence-electron chi connectivity index (χ2n) is 6.39. The maximum atomic E-state index is 11.1. The van der Waals surface area contributed by atoms with E-state index in [9.17, 15) is 10.2 Å². The lowest BCUT2D eigenvalue weighted by Crippen LogP contribution is -1.96. The molecule has 2 heteroatoms. The Labute approximate surface area is 153 Å². The van der Waals surface area contributed by atoms with Crippen LogP contribution in [0.4, 0.5) is 0 Å². The molecule has 2 N–H and O–H groups in total. The van der Waals surface area contributed by atoms with Crippen molar-refractivity contribution >= 4 is 10.8 Å². The molecule has 0 atom stereocenters. The van der Waals surface area contributed by atoms with Crippen molar-refractivity contribution in [2.75, 3.05) is 0 Å². The fourth-order valence-corrected chi connectivity index (χ4v) is 3.70. The first-order valence-electron chi connectivity index (χ1n) is 8.82. The molecule has 128 valence electrons. The summed E-state index contributed by atoms with van der Waals surface area (Å²) in [5.74, 6) is 0.573. The van der Waals surface area contributed by atoms with Gasteiger partial charge in [0.05, 0.1) is 0 Å². The van der Waals surface area contributed by atoms with Crippen LogP contribution in [0, 0.1) is 0 Å². The van der Waals surface area contributed by atoms with Crippen molar-refractivity contribution in [2.24, 2.45) is 0 Å². The predicted molar refractivity (Wildman–Crippen MR) is 108 cm³/mol. The number of fused-ring (bicyclic) bond motifs is 1. The normalized spacial score (nSPS) is 11.0. The number of phenolic OH excluding ortho intramolecular Hbond substituents is 2. The molecule has 0 unspecified atom stereocenters. The number of hydrogen-bond acceptors (Lipinski definition) is 2. The van der Waals surface area contributed by atoms with Gasteiger partial charge in [0.25, 0.3) is 0 Å². The first-order valence-corrected chi connectivity index (χ1v) is 8.82. The largest absolute Gasteiger partial charge is 0.508 e. The Morgan fingerprint density at radius 1 is 0.615 bits per heavy atom. The third-order valence-electron chi connectivity index (χ3n) is 4.86. The molecule has 0 saturated carbocycles. The topological polar surface area (TPSA) is 40.5 Å². The van der Waals surface area contributed by atoms with Gasteiger partial charge in [-0.05, 0) is 46.2 Å². The Balaban J connectivity index is 2.16. The molecule has 0 aliphatic rings. The molecule has 4 rings (SSSR count). The van der Waals surface area contributed by atoms with Crippen molar-refractivity contribution in [3.63, 3.8) is 0 Å². The molecule has 26 heavy (non-hydrogen) atoms. The van der Waals surface area contributed by atoms with Crippen molar-refractivity contribution in [1.29, 1.82) is 0 Å². The molecule has 0 spiro atoms. The molecule has 0 aliphatic carbocycles. The minimum Gasteiger partial charge on any atom is -0.508 e. The van der Waals surface area contributed by atoms with Crippen molar-refractivity contribution in [2.45, 2.75) is 13.3 Å². The highest BCUT2D eigenvalue weighted by Gasteiger charge is 2.20. The van der Waals surface area contributed by atoms with Crippen molar-refractivity contribution in [1.82, 2.24) is 0 Å². The summed E-state index contributed by atoms with van der Waals surface area (Å²) >= 11 is 0. The standard InChI is InChI=1S/C24H20O2/c1-2-19-22(17-12-14-18(25)15-13-17)20-10-6-7-11-21(20)24(26)23(19)16-8-4-3-5-9-16/h3-15,25-26H,2H2,1H3. The lowest BCUT2D eigenvalue weighted by atomic mass is 9.85. The average molecular weight is 340 g/mol. The zero-order chi connectivity index (χ0) is 18.1. The van der Waals surface area contributed by atoms with E-state index in [1.54, 1.807) is 12.1 Å². The van der Waals surface area contributed by atoms with Gasteiger partial charge in [-0.1, -0.05) is 73.7 Å². The second kappa shape index (κ2) is 6.57. The highest BCUT2D eigenvalue weighted by molar-refractivity contribution is 6.07. The minimum atomic E-state index is 0.248. The van der Waals surface area contributed by atoms with Crippen LogP contribution in [-0.4, -0.2) is 10.2 Å². The molecule has 0 saturated heterocycles. The Morgan fingerprint density at radius 3 is 1.85 bits per heavy atom. The highest BCUT2D eigenvalue weighted by Crippen LogP contribution is 2.45. The Kier molecular flexibility index (Phi) is 4.10. The number of phenols is 2. The van der Waals surface area contributed by atoms with Crippen LogP contribution in [-0.2, 0) is 6.42 Å². The molecule has 0 aromatic heterocycles. The van der Waals surface area contributed by atoms with E-state index in [-0.39, 0.29) is 5.75 Å². The lowest BCUT2D eigenvalue weighted by molar-refractivity contribution is 0.475. The Bertz CT molecular complexity index is 1060. The minimum absolute atomic E-state index is 0.248. The van der Waals surface area contributed by atoms with E-state index in [0.717, 1.165) is 45.0 Å². The van der Waals surface area contributed by atoms with Crippen LogP contribution in [0.5, 0.6) is 11.5 Å². The van der Waals surface area contributed by atoms with Gasteiger partial charge in [-0.25, -0.2) is 0 Å². The van der Waals surface area contributed by atoms with Crippen LogP contribution >= 0.6 is 0 Å². The summed E-state index contributed by atoms with van der Waals surface area (Å²) in [6.45, 7) is 2.11. The van der Waals surface area contributed by atoms with Gasteiger partial charge in [0.1, 0.15) is 11.5 Å². The third-order valence-corrected chi connectivity index (χ3v) is 4.86. The van der Waals surface area contributed by atoms with Crippen molar-refractivity contribution in [3.8, 4) is 33.8 Å². The molecular formula is C24H20O2. The maximum absolute atomic E-state index is 11.1. The van der Waals surface area contributed by atoms with E-state index in [1.807, 2.05) is 66.7 Å². The first kappa shape index (κ1) is 16.2. The first-order chi connectivity index (χ1) is 12.7. The lowest BCUT2D eigenvalue weighted by Gasteiger charge is -2.20. The van der Waals surface area contributed by atoms with Crippen LogP contribution in [0.1, 0.15) is 12.5 Å². The second-order valence-corrected chi connectivity index (χ2v) is 6.39. The van der Waals surface area contributed by atoms with Crippen LogP contribution in [0.2, 0.25) is 0 Å². The monoisotopic (exact) mass is 340 g/mol. The Morgan fingerprint density at radius 2 is 1.19 bits per heavy atom. The molecule has 0 amide bonds. The van der Waals surface area contributed by atoms with E-state index in [2.05, 4.69) is 6.92 Å². The summed E-state index contributed by atoms with van der Waals surface area (Å²) in [5.41, 5.74) is 5.15. The molecule has 0 bridgehead atoms. The summed E-state index contributed by atoms with van der Waals surface area (Å²) in [6, 6.07) is 25.2. The van der Waals surface area contributed by atoms with Crippen LogP contribution in [0.15, 0.2) is 78.9 Å². The zero-order valence-corrected chi connectivity index (χ0v) is 14.6. The van der Waals surface area contributed by atoms with Gasteiger partial charge in [0, 0.05) is 10.9 Å². The molecule has 4 aromatic carbocycles. The summed E-state index contributed by atoms with van der Waals surface area (Å²) in [6.07, 6.45) is 0.791. The van der Waals surface area contributed by atoms with Gasteiger partial charge in [0.15, 0.2) is 0 Å². The smallest absolute Gasteiger partial charge is 0.131 e. The zero-order valence-electron chi connectivity index (χ0n) is 14.6. The molecule has 4 aromatic rings. The number of benzene rings is 4. The van der Waals surface area contributed by atoms with Crippen molar-refractivity contribution in [3.05, 3.63) is 84.4 Å².